The molecule has 13 heavy (non-hydrogen) atoms. The predicted molar refractivity (Wildman–Crippen MR) is 56.0 cm³/mol. The van der Waals surface area contributed by atoms with Crippen molar-refractivity contribution in [2.24, 2.45) is 5.73 Å². The molecule has 0 aliphatic heterocycles. The van der Waals surface area contributed by atoms with Gasteiger partial charge in [0.2, 0.25) is 0 Å². The van der Waals surface area contributed by atoms with Gasteiger partial charge in [0.15, 0.2) is 0 Å². The van der Waals surface area contributed by atoms with Gasteiger partial charge in [-0.2, -0.15) is 0 Å². The Bertz CT molecular complexity index is 288. The first-order valence-corrected chi connectivity index (χ1v) is 3.59. The highest BCUT2D eigenvalue weighted by molar-refractivity contribution is 5.85. The fourth-order valence-corrected chi connectivity index (χ4v) is 0.971. The highest BCUT2D eigenvalue weighted by atomic mass is 35.5. The standard InChI is InChI=1S/C7H10N4.2ClH/c8-5-1-4-10-6(11-5)7(9)2-3-7;;/h1,4H,2-3,9H2,(H2,8,10,11);2*1H. The van der Waals surface area contributed by atoms with Crippen LogP contribution in [0.2, 0.25) is 0 Å². The van der Waals surface area contributed by atoms with Gasteiger partial charge in [0.05, 0.1) is 5.54 Å². The number of nitrogens with two attached hydrogens (primary N) is 2. The minimum atomic E-state index is -0.268. The smallest absolute Gasteiger partial charge is 0.150 e. The molecule has 6 heteroatoms. The molecule has 74 valence electrons. The summed E-state index contributed by atoms with van der Waals surface area (Å²) >= 11 is 0. The molecular formula is C7H12Cl2N4. The van der Waals surface area contributed by atoms with Crippen LogP contribution in [0.4, 0.5) is 5.82 Å². The Labute approximate surface area is 88.9 Å². The van der Waals surface area contributed by atoms with E-state index >= 15 is 0 Å². The first kappa shape index (κ1) is 12.4. The van der Waals surface area contributed by atoms with E-state index < -0.39 is 0 Å². The van der Waals surface area contributed by atoms with Crippen LogP contribution < -0.4 is 11.5 Å². The molecule has 1 heterocycles. The number of nitrogens with zero attached hydrogens (tertiary/aromatic N) is 2. The molecule has 0 bridgehead atoms. The second-order valence-electron chi connectivity index (χ2n) is 2.96. The van der Waals surface area contributed by atoms with Crippen molar-refractivity contribution < 1.29 is 0 Å². The SMILES string of the molecule is Cl.Cl.Nc1ccnc(C2(N)CC2)n1. The quantitative estimate of drug-likeness (QED) is 0.739. The molecule has 1 aliphatic carbocycles. The number of rotatable bonds is 1. The van der Waals surface area contributed by atoms with Gasteiger partial charge in [-0.05, 0) is 18.9 Å². The van der Waals surface area contributed by atoms with Crippen molar-refractivity contribution in [3.05, 3.63) is 18.1 Å². The van der Waals surface area contributed by atoms with E-state index in [-0.39, 0.29) is 30.4 Å². The summed E-state index contributed by atoms with van der Waals surface area (Å²) < 4.78 is 0. The Balaban J connectivity index is 0.000000720. The van der Waals surface area contributed by atoms with Crippen molar-refractivity contribution in [3.8, 4) is 0 Å². The Morgan fingerprint density at radius 2 is 1.92 bits per heavy atom. The second-order valence-corrected chi connectivity index (χ2v) is 2.96. The highest BCUT2D eigenvalue weighted by Gasteiger charge is 2.42. The van der Waals surface area contributed by atoms with E-state index in [0.29, 0.717) is 11.6 Å². The van der Waals surface area contributed by atoms with E-state index in [2.05, 4.69) is 9.97 Å². The topological polar surface area (TPSA) is 77.8 Å². The lowest BCUT2D eigenvalue weighted by Gasteiger charge is -2.05. The summed E-state index contributed by atoms with van der Waals surface area (Å²) in [6.45, 7) is 0. The van der Waals surface area contributed by atoms with Crippen LogP contribution in [0.1, 0.15) is 18.7 Å². The zero-order chi connectivity index (χ0) is 7.90. The molecule has 0 spiro atoms. The molecular weight excluding hydrogens is 211 g/mol. The lowest BCUT2D eigenvalue weighted by molar-refractivity contribution is 0.674. The summed E-state index contributed by atoms with van der Waals surface area (Å²) in [6.07, 6.45) is 3.58. The molecule has 4 nitrogen and oxygen atoms in total. The predicted octanol–water partition coefficient (Wildman–Crippen LogP) is 0.850. The van der Waals surface area contributed by atoms with Crippen LogP contribution in [0.15, 0.2) is 12.3 Å². The van der Waals surface area contributed by atoms with E-state index in [9.17, 15) is 0 Å². The van der Waals surface area contributed by atoms with Crippen LogP contribution in [0, 0.1) is 0 Å². The van der Waals surface area contributed by atoms with Gasteiger partial charge in [-0.3, -0.25) is 0 Å². The van der Waals surface area contributed by atoms with Gasteiger partial charge < -0.3 is 11.5 Å². The van der Waals surface area contributed by atoms with E-state index in [0.717, 1.165) is 12.8 Å². The van der Waals surface area contributed by atoms with E-state index in [1.54, 1.807) is 12.3 Å². The first-order chi connectivity index (χ1) is 5.21. The molecule has 0 radical (unpaired) electrons. The molecule has 2 rings (SSSR count). The molecule has 0 saturated heterocycles. The summed E-state index contributed by atoms with van der Waals surface area (Å²) in [4.78, 5) is 8.11. The molecule has 1 aromatic heterocycles. The third-order valence-electron chi connectivity index (χ3n) is 1.91. The fourth-order valence-electron chi connectivity index (χ4n) is 0.971. The van der Waals surface area contributed by atoms with Crippen LogP contribution in [0.5, 0.6) is 0 Å². The zero-order valence-corrected chi connectivity index (χ0v) is 8.57. The average molecular weight is 223 g/mol. The Morgan fingerprint density at radius 1 is 1.31 bits per heavy atom. The molecule has 1 aliphatic rings. The van der Waals surface area contributed by atoms with Crippen molar-refractivity contribution in [2.45, 2.75) is 18.4 Å². The average Bonchev–Trinajstić information content (AvgIpc) is 2.70. The lowest BCUT2D eigenvalue weighted by atomic mass is 10.3. The summed E-state index contributed by atoms with van der Waals surface area (Å²) in [7, 11) is 0. The number of hydrogen-bond acceptors (Lipinski definition) is 4. The summed E-state index contributed by atoms with van der Waals surface area (Å²) in [5, 5.41) is 0. The molecule has 0 unspecified atom stereocenters. The number of halogens is 2. The summed E-state index contributed by atoms with van der Waals surface area (Å²) in [6, 6.07) is 1.66. The molecule has 4 N–H and O–H groups in total. The number of nitrogen functional groups attached to an aromatic ring is 1. The van der Waals surface area contributed by atoms with Crippen LogP contribution >= 0.6 is 24.8 Å². The van der Waals surface area contributed by atoms with E-state index in [1.165, 1.54) is 0 Å². The summed E-state index contributed by atoms with van der Waals surface area (Å²) in [5.74, 6) is 1.17. The van der Waals surface area contributed by atoms with Crippen molar-refractivity contribution >= 4 is 30.6 Å². The maximum atomic E-state index is 5.86. The van der Waals surface area contributed by atoms with Crippen LogP contribution in [-0.4, -0.2) is 9.97 Å². The van der Waals surface area contributed by atoms with Crippen LogP contribution in [0.25, 0.3) is 0 Å². The molecule has 0 aromatic carbocycles. The molecule has 0 atom stereocenters. The van der Waals surface area contributed by atoms with Crippen LogP contribution in [0.3, 0.4) is 0 Å². The first-order valence-electron chi connectivity index (χ1n) is 3.59. The normalized spacial score (nSPS) is 16.7. The van der Waals surface area contributed by atoms with Gasteiger partial charge in [0.25, 0.3) is 0 Å². The monoisotopic (exact) mass is 222 g/mol. The van der Waals surface area contributed by atoms with E-state index in [4.69, 9.17) is 11.5 Å². The highest BCUT2D eigenvalue weighted by Crippen LogP contribution is 2.40. The van der Waals surface area contributed by atoms with Gasteiger partial charge >= 0.3 is 0 Å². The molecule has 1 fully saturated rings. The minimum absolute atomic E-state index is 0. The van der Waals surface area contributed by atoms with Gasteiger partial charge in [0, 0.05) is 6.20 Å². The third-order valence-corrected chi connectivity index (χ3v) is 1.91. The van der Waals surface area contributed by atoms with E-state index in [1.807, 2.05) is 0 Å². The minimum Gasteiger partial charge on any atom is -0.384 e. The van der Waals surface area contributed by atoms with Gasteiger partial charge in [-0.15, -0.1) is 24.8 Å². The molecule has 1 saturated carbocycles. The fraction of sp³-hybridized carbons (Fsp3) is 0.429. The lowest BCUT2D eigenvalue weighted by Crippen LogP contribution is -2.22. The van der Waals surface area contributed by atoms with Crippen LogP contribution in [-0.2, 0) is 5.54 Å². The maximum absolute atomic E-state index is 5.86. The molecule has 1 aromatic rings. The maximum Gasteiger partial charge on any atom is 0.150 e. The van der Waals surface area contributed by atoms with Crippen molar-refractivity contribution in [1.29, 1.82) is 0 Å². The Kier molecular flexibility index (Phi) is 3.90. The number of anilines is 1. The largest absolute Gasteiger partial charge is 0.384 e. The van der Waals surface area contributed by atoms with Gasteiger partial charge in [-0.1, -0.05) is 0 Å². The van der Waals surface area contributed by atoms with Gasteiger partial charge in [-0.25, -0.2) is 9.97 Å². The van der Waals surface area contributed by atoms with Crippen molar-refractivity contribution in [3.63, 3.8) is 0 Å². The zero-order valence-electron chi connectivity index (χ0n) is 6.93. The second kappa shape index (κ2) is 4.09. The van der Waals surface area contributed by atoms with Gasteiger partial charge in [0.1, 0.15) is 11.6 Å². The van der Waals surface area contributed by atoms with Crippen molar-refractivity contribution in [1.82, 2.24) is 9.97 Å². The molecule has 0 amide bonds. The summed E-state index contributed by atoms with van der Waals surface area (Å²) in [5.41, 5.74) is 11.1. The Hall–Kier alpha value is -0.580. The third kappa shape index (κ3) is 2.43. The number of hydrogen-bond donors (Lipinski definition) is 2. The number of aromatic nitrogens is 2. The Morgan fingerprint density at radius 3 is 2.38 bits per heavy atom. The van der Waals surface area contributed by atoms with Crippen molar-refractivity contribution in [2.75, 3.05) is 5.73 Å².